The van der Waals surface area contributed by atoms with Crippen LogP contribution in [0.3, 0.4) is 0 Å². The summed E-state index contributed by atoms with van der Waals surface area (Å²) in [6, 6.07) is 12.7. The molecule has 0 heterocycles. The predicted molar refractivity (Wildman–Crippen MR) is 66.3 cm³/mol. The van der Waals surface area contributed by atoms with Crippen molar-refractivity contribution in [2.45, 2.75) is 0 Å². The van der Waals surface area contributed by atoms with Gasteiger partial charge in [-0.15, -0.1) is 0 Å². The average Bonchev–Trinajstić information content (AvgIpc) is 2.23. The van der Waals surface area contributed by atoms with Gasteiger partial charge in [-0.3, -0.25) is 0 Å². The van der Waals surface area contributed by atoms with Crippen molar-refractivity contribution < 1.29 is 5.11 Å². The molecule has 2 rings (SSSR count). The molecule has 0 aliphatic rings. The van der Waals surface area contributed by atoms with Crippen LogP contribution in [0.5, 0.6) is 5.75 Å². The molecule has 0 atom stereocenters. The lowest BCUT2D eigenvalue weighted by atomic mass is 10.1. The summed E-state index contributed by atoms with van der Waals surface area (Å²) in [5, 5.41) is 10.4. The first-order valence-electron chi connectivity index (χ1n) is 4.42. The molecule has 3 heteroatoms. The molecule has 1 N–H and O–H groups in total. The van der Waals surface area contributed by atoms with Crippen molar-refractivity contribution in [1.29, 1.82) is 0 Å². The van der Waals surface area contributed by atoms with Crippen LogP contribution in [0.15, 0.2) is 46.9 Å². The number of hydrogen-bond acceptors (Lipinski definition) is 1. The minimum Gasteiger partial charge on any atom is -0.507 e. The van der Waals surface area contributed by atoms with Gasteiger partial charge in [-0.2, -0.15) is 0 Å². The van der Waals surface area contributed by atoms with Crippen molar-refractivity contribution in [2.75, 3.05) is 0 Å². The number of phenolic OH excluding ortho intramolecular Hbond substituents is 1. The van der Waals surface area contributed by atoms with Gasteiger partial charge >= 0.3 is 0 Å². The number of rotatable bonds is 1. The summed E-state index contributed by atoms with van der Waals surface area (Å²) in [6.07, 6.45) is 0. The van der Waals surface area contributed by atoms with E-state index in [9.17, 15) is 5.11 Å². The zero-order chi connectivity index (χ0) is 10.8. The summed E-state index contributed by atoms with van der Waals surface area (Å²) in [5.74, 6) is 0.250. The molecule has 2 aromatic rings. The summed E-state index contributed by atoms with van der Waals surface area (Å²) in [7, 11) is 0. The van der Waals surface area contributed by atoms with Crippen LogP contribution >= 0.6 is 27.5 Å². The molecule has 76 valence electrons. The Bertz CT molecular complexity index is 497. The van der Waals surface area contributed by atoms with Gasteiger partial charge in [0.15, 0.2) is 0 Å². The van der Waals surface area contributed by atoms with E-state index in [4.69, 9.17) is 11.6 Å². The SMILES string of the molecule is Oc1ccccc1-c1cc(Cl)ccc1Br. The summed E-state index contributed by atoms with van der Waals surface area (Å²) < 4.78 is 0.911. The highest BCUT2D eigenvalue weighted by atomic mass is 79.9. The minimum absolute atomic E-state index is 0.250. The molecule has 0 aliphatic heterocycles. The summed E-state index contributed by atoms with van der Waals surface area (Å²) >= 11 is 9.35. The van der Waals surface area contributed by atoms with Gasteiger partial charge in [0, 0.05) is 20.6 Å². The molecule has 0 saturated carbocycles. The molecule has 15 heavy (non-hydrogen) atoms. The van der Waals surface area contributed by atoms with E-state index >= 15 is 0 Å². The quantitative estimate of drug-likeness (QED) is 0.818. The van der Waals surface area contributed by atoms with Crippen LogP contribution in [0.1, 0.15) is 0 Å². The summed E-state index contributed by atoms with van der Waals surface area (Å²) in [6.45, 7) is 0. The smallest absolute Gasteiger partial charge is 0.123 e. The van der Waals surface area contributed by atoms with Gasteiger partial charge in [-0.25, -0.2) is 0 Å². The lowest BCUT2D eigenvalue weighted by Gasteiger charge is -2.07. The van der Waals surface area contributed by atoms with Crippen molar-refractivity contribution in [3.8, 4) is 16.9 Å². The number of para-hydroxylation sites is 1. The van der Waals surface area contributed by atoms with Crippen LogP contribution in [0, 0.1) is 0 Å². The Morgan fingerprint density at radius 2 is 1.73 bits per heavy atom. The lowest BCUT2D eigenvalue weighted by molar-refractivity contribution is 0.477. The van der Waals surface area contributed by atoms with Gasteiger partial charge in [0.25, 0.3) is 0 Å². The zero-order valence-electron chi connectivity index (χ0n) is 7.74. The van der Waals surface area contributed by atoms with Crippen molar-refractivity contribution >= 4 is 27.5 Å². The van der Waals surface area contributed by atoms with Crippen molar-refractivity contribution in [3.05, 3.63) is 52.0 Å². The average molecular weight is 284 g/mol. The molecule has 0 aliphatic carbocycles. The van der Waals surface area contributed by atoms with Crippen molar-refractivity contribution in [2.24, 2.45) is 0 Å². The second-order valence-electron chi connectivity index (χ2n) is 3.14. The van der Waals surface area contributed by atoms with E-state index in [2.05, 4.69) is 15.9 Å². The molecule has 0 spiro atoms. The first-order chi connectivity index (χ1) is 7.18. The first kappa shape index (κ1) is 10.5. The van der Waals surface area contributed by atoms with Gasteiger partial charge in [0.1, 0.15) is 5.75 Å². The summed E-state index contributed by atoms with van der Waals surface area (Å²) in [4.78, 5) is 0. The standard InChI is InChI=1S/C12H8BrClO/c13-11-6-5-8(14)7-10(11)9-3-1-2-4-12(9)15/h1-7,15H. The normalized spacial score (nSPS) is 10.3. The zero-order valence-corrected chi connectivity index (χ0v) is 10.1. The topological polar surface area (TPSA) is 20.2 Å². The third kappa shape index (κ3) is 2.16. The van der Waals surface area contributed by atoms with Crippen LogP contribution in [0.4, 0.5) is 0 Å². The maximum atomic E-state index is 9.72. The van der Waals surface area contributed by atoms with E-state index in [1.54, 1.807) is 18.2 Å². The van der Waals surface area contributed by atoms with Gasteiger partial charge < -0.3 is 5.11 Å². The monoisotopic (exact) mass is 282 g/mol. The van der Waals surface area contributed by atoms with Gasteiger partial charge in [0.05, 0.1) is 0 Å². The Morgan fingerprint density at radius 1 is 1.00 bits per heavy atom. The van der Waals surface area contributed by atoms with Crippen LogP contribution in [-0.4, -0.2) is 5.11 Å². The number of halogens is 2. The fourth-order valence-corrected chi connectivity index (χ4v) is 2.04. The van der Waals surface area contributed by atoms with Crippen molar-refractivity contribution in [1.82, 2.24) is 0 Å². The second-order valence-corrected chi connectivity index (χ2v) is 4.43. The van der Waals surface area contributed by atoms with Crippen molar-refractivity contribution in [3.63, 3.8) is 0 Å². The van der Waals surface area contributed by atoms with E-state index in [1.165, 1.54) is 0 Å². The highest BCUT2D eigenvalue weighted by molar-refractivity contribution is 9.10. The molecule has 0 amide bonds. The van der Waals surface area contributed by atoms with Gasteiger partial charge in [-0.05, 0) is 24.3 Å². The third-order valence-electron chi connectivity index (χ3n) is 2.12. The number of aromatic hydroxyl groups is 1. The molecule has 0 fully saturated rings. The van der Waals surface area contributed by atoms with E-state index in [0.29, 0.717) is 5.02 Å². The second kappa shape index (κ2) is 4.25. The van der Waals surface area contributed by atoms with Crippen LogP contribution < -0.4 is 0 Å². The maximum Gasteiger partial charge on any atom is 0.123 e. The molecule has 0 saturated heterocycles. The maximum absolute atomic E-state index is 9.72. The van der Waals surface area contributed by atoms with Gasteiger partial charge in [0.2, 0.25) is 0 Å². The highest BCUT2D eigenvalue weighted by Gasteiger charge is 2.07. The predicted octanol–water partition coefficient (Wildman–Crippen LogP) is 4.48. The largest absolute Gasteiger partial charge is 0.507 e. The summed E-state index contributed by atoms with van der Waals surface area (Å²) in [5.41, 5.74) is 1.66. The lowest BCUT2D eigenvalue weighted by Crippen LogP contribution is -1.80. The number of hydrogen-bond donors (Lipinski definition) is 1. The van der Waals surface area contributed by atoms with E-state index in [-0.39, 0.29) is 5.75 Å². The fourth-order valence-electron chi connectivity index (χ4n) is 1.41. The first-order valence-corrected chi connectivity index (χ1v) is 5.59. The third-order valence-corrected chi connectivity index (χ3v) is 3.05. The Morgan fingerprint density at radius 3 is 2.47 bits per heavy atom. The molecule has 0 radical (unpaired) electrons. The molecule has 0 bridgehead atoms. The fraction of sp³-hybridized carbons (Fsp3) is 0. The van der Waals surface area contributed by atoms with E-state index < -0.39 is 0 Å². The van der Waals surface area contributed by atoms with E-state index in [1.807, 2.05) is 24.3 Å². The van der Waals surface area contributed by atoms with Crippen LogP contribution in [0.25, 0.3) is 11.1 Å². The van der Waals surface area contributed by atoms with E-state index in [0.717, 1.165) is 15.6 Å². The Labute approximate surface area is 101 Å². The number of phenols is 1. The van der Waals surface area contributed by atoms with Crippen LogP contribution in [0.2, 0.25) is 5.02 Å². The Balaban J connectivity index is 2.64. The molecule has 0 unspecified atom stereocenters. The molecule has 1 nitrogen and oxygen atoms in total. The van der Waals surface area contributed by atoms with Crippen LogP contribution in [-0.2, 0) is 0 Å². The van der Waals surface area contributed by atoms with Gasteiger partial charge in [-0.1, -0.05) is 45.7 Å². The number of benzene rings is 2. The molecular formula is C12H8BrClO. The Hall–Kier alpha value is -0.990. The highest BCUT2D eigenvalue weighted by Crippen LogP contribution is 2.35. The molecular weight excluding hydrogens is 275 g/mol. The molecule has 2 aromatic carbocycles. The molecule has 0 aromatic heterocycles. The Kier molecular flexibility index (Phi) is 2.98. The minimum atomic E-state index is 0.250.